The molecule has 2 N–H and O–H groups in total. The van der Waals surface area contributed by atoms with E-state index >= 15 is 0 Å². The maximum Gasteiger partial charge on any atom is 0.124 e. The van der Waals surface area contributed by atoms with Crippen molar-refractivity contribution in [2.45, 2.75) is 20.0 Å². The zero-order chi connectivity index (χ0) is 12.8. The van der Waals surface area contributed by atoms with Gasteiger partial charge in [0.1, 0.15) is 5.82 Å². The van der Waals surface area contributed by atoms with E-state index in [4.69, 9.17) is 11.6 Å². The molecule has 0 bridgehead atoms. The fourth-order valence-corrected chi connectivity index (χ4v) is 1.98. The number of aliphatic hydroxyl groups excluding tert-OH is 1. The van der Waals surface area contributed by atoms with Crippen LogP contribution in [0.4, 0.5) is 4.39 Å². The quantitative estimate of drug-likeness (QED) is 0.751. The van der Waals surface area contributed by atoms with E-state index in [1.165, 1.54) is 12.1 Å². The Bertz CT molecular complexity index is 321. The SMILES string of the molecule is CC1CNCC(C)C1O.Fc1cccc(Cl)c1. The van der Waals surface area contributed by atoms with Crippen molar-refractivity contribution in [1.29, 1.82) is 0 Å². The van der Waals surface area contributed by atoms with Crippen molar-refractivity contribution >= 4 is 11.6 Å². The minimum atomic E-state index is -0.294. The van der Waals surface area contributed by atoms with Gasteiger partial charge >= 0.3 is 0 Å². The molecule has 2 unspecified atom stereocenters. The van der Waals surface area contributed by atoms with Crippen LogP contribution in [0, 0.1) is 17.7 Å². The molecule has 1 aromatic carbocycles. The molecular formula is C13H19ClFNO. The van der Waals surface area contributed by atoms with Crippen molar-refractivity contribution in [3.8, 4) is 0 Å². The van der Waals surface area contributed by atoms with E-state index in [1.807, 2.05) is 0 Å². The zero-order valence-electron chi connectivity index (χ0n) is 10.2. The van der Waals surface area contributed by atoms with Crippen LogP contribution in [-0.4, -0.2) is 24.3 Å². The van der Waals surface area contributed by atoms with E-state index in [-0.39, 0.29) is 11.9 Å². The highest BCUT2D eigenvalue weighted by atomic mass is 35.5. The van der Waals surface area contributed by atoms with Gasteiger partial charge in [-0.1, -0.05) is 31.5 Å². The number of aliphatic hydroxyl groups is 1. The van der Waals surface area contributed by atoms with E-state index < -0.39 is 0 Å². The molecule has 2 atom stereocenters. The minimum Gasteiger partial charge on any atom is -0.392 e. The molecule has 1 heterocycles. The molecule has 0 saturated carbocycles. The summed E-state index contributed by atoms with van der Waals surface area (Å²) in [6, 6.07) is 5.82. The van der Waals surface area contributed by atoms with E-state index in [9.17, 15) is 9.50 Å². The maximum absolute atomic E-state index is 12.1. The molecule has 1 aliphatic rings. The third kappa shape index (κ3) is 5.02. The van der Waals surface area contributed by atoms with Crippen LogP contribution >= 0.6 is 11.6 Å². The number of rotatable bonds is 0. The summed E-state index contributed by atoms with van der Waals surface area (Å²) in [5.74, 6) is 0.556. The van der Waals surface area contributed by atoms with Gasteiger partial charge in [-0.3, -0.25) is 0 Å². The lowest BCUT2D eigenvalue weighted by Gasteiger charge is -2.30. The second-order valence-electron chi connectivity index (χ2n) is 4.54. The Morgan fingerprint density at radius 3 is 2.24 bits per heavy atom. The fourth-order valence-electron chi connectivity index (χ4n) is 1.80. The summed E-state index contributed by atoms with van der Waals surface area (Å²) < 4.78 is 12.1. The molecule has 1 saturated heterocycles. The largest absolute Gasteiger partial charge is 0.392 e. The van der Waals surface area contributed by atoms with Crippen LogP contribution in [0.15, 0.2) is 24.3 Å². The van der Waals surface area contributed by atoms with Crippen molar-refractivity contribution in [1.82, 2.24) is 5.32 Å². The molecule has 96 valence electrons. The molecule has 0 aliphatic carbocycles. The second kappa shape index (κ2) is 6.94. The summed E-state index contributed by atoms with van der Waals surface area (Å²) >= 11 is 5.40. The van der Waals surface area contributed by atoms with Crippen LogP contribution in [-0.2, 0) is 0 Å². The standard InChI is InChI=1S/C7H15NO.C6H4ClF/c1-5-3-8-4-6(2)7(5)9;7-5-2-1-3-6(8)4-5/h5-9H,3-4H2,1-2H3;1-4H. The van der Waals surface area contributed by atoms with Crippen molar-refractivity contribution < 1.29 is 9.50 Å². The maximum atomic E-state index is 12.1. The Morgan fingerprint density at radius 2 is 1.88 bits per heavy atom. The molecule has 2 rings (SSSR count). The molecule has 1 fully saturated rings. The zero-order valence-corrected chi connectivity index (χ0v) is 10.9. The molecule has 1 aromatic rings. The summed E-state index contributed by atoms with van der Waals surface area (Å²) in [5.41, 5.74) is 0. The Morgan fingerprint density at radius 1 is 1.29 bits per heavy atom. The molecule has 17 heavy (non-hydrogen) atoms. The lowest BCUT2D eigenvalue weighted by Crippen LogP contribution is -2.44. The molecule has 0 amide bonds. The van der Waals surface area contributed by atoms with Crippen molar-refractivity contribution in [3.63, 3.8) is 0 Å². The molecule has 2 nitrogen and oxygen atoms in total. The van der Waals surface area contributed by atoms with E-state index in [2.05, 4.69) is 19.2 Å². The topological polar surface area (TPSA) is 32.3 Å². The van der Waals surface area contributed by atoms with Gasteiger partial charge in [-0.2, -0.15) is 0 Å². The van der Waals surface area contributed by atoms with Crippen LogP contribution in [0.5, 0.6) is 0 Å². The van der Waals surface area contributed by atoms with Crippen LogP contribution in [0.3, 0.4) is 0 Å². The summed E-state index contributed by atoms with van der Waals surface area (Å²) in [6.45, 7) is 6.08. The van der Waals surface area contributed by atoms with Crippen LogP contribution in [0.25, 0.3) is 0 Å². The molecule has 0 spiro atoms. The molecule has 4 heteroatoms. The first-order valence-corrected chi connectivity index (χ1v) is 6.18. The predicted molar refractivity (Wildman–Crippen MR) is 68.6 cm³/mol. The number of hydrogen-bond donors (Lipinski definition) is 2. The Hall–Kier alpha value is -0.640. The molecular weight excluding hydrogens is 241 g/mol. The molecule has 0 aromatic heterocycles. The first-order chi connectivity index (χ1) is 8.00. The summed E-state index contributed by atoms with van der Waals surface area (Å²) in [7, 11) is 0. The van der Waals surface area contributed by atoms with Crippen molar-refractivity contribution in [3.05, 3.63) is 35.1 Å². The van der Waals surface area contributed by atoms with Gasteiger partial charge in [0, 0.05) is 18.1 Å². The normalized spacial score (nSPS) is 28.2. The first kappa shape index (κ1) is 14.4. The number of piperidine rings is 1. The number of hydrogen-bond acceptors (Lipinski definition) is 2. The Balaban J connectivity index is 0.000000171. The highest BCUT2D eigenvalue weighted by molar-refractivity contribution is 6.30. The summed E-state index contributed by atoms with van der Waals surface area (Å²) in [5, 5.41) is 13.1. The van der Waals surface area contributed by atoms with E-state index in [0.29, 0.717) is 16.9 Å². The first-order valence-electron chi connectivity index (χ1n) is 5.80. The number of halogens is 2. The Labute approximate surface area is 107 Å². The minimum absolute atomic E-state index is 0.0914. The smallest absolute Gasteiger partial charge is 0.124 e. The van der Waals surface area contributed by atoms with Gasteiger partial charge < -0.3 is 10.4 Å². The lowest BCUT2D eigenvalue weighted by atomic mass is 9.90. The van der Waals surface area contributed by atoms with Crippen LogP contribution in [0.1, 0.15) is 13.8 Å². The van der Waals surface area contributed by atoms with Gasteiger partial charge in [-0.05, 0) is 30.0 Å². The van der Waals surface area contributed by atoms with Gasteiger partial charge in [0.05, 0.1) is 6.10 Å². The average Bonchev–Trinajstić information content (AvgIpc) is 2.26. The van der Waals surface area contributed by atoms with Gasteiger partial charge in [0.15, 0.2) is 0 Å². The van der Waals surface area contributed by atoms with Crippen molar-refractivity contribution in [2.75, 3.05) is 13.1 Å². The highest BCUT2D eigenvalue weighted by Crippen LogP contribution is 2.15. The Kier molecular flexibility index (Phi) is 5.89. The van der Waals surface area contributed by atoms with Crippen LogP contribution in [0.2, 0.25) is 5.02 Å². The summed E-state index contributed by atoms with van der Waals surface area (Å²) in [6.07, 6.45) is -0.0914. The van der Waals surface area contributed by atoms with E-state index in [0.717, 1.165) is 13.1 Å². The fraction of sp³-hybridized carbons (Fsp3) is 0.538. The van der Waals surface area contributed by atoms with Gasteiger partial charge in [-0.25, -0.2) is 4.39 Å². The molecule has 1 aliphatic heterocycles. The van der Waals surface area contributed by atoms with Gasteiger partial charge in [0.2, 0.25) is 0 Å². The second-order valence-corrected chi connectivity index (χ2v) is 4.98. The average molecular weight is 260 g/mol. The lowest BCUT2D eigenvalue weighted by molar-refractivity contribution is 0.0434. The van der Waals surface area contributed by atoms with Crippen molar-refractivity contribution in [2.24, 2.45) is 11.8 Å². The monoisotopic (exact) mass is 259 g/mol. The van der Waals surface area contributed by atoms with Gasteiger partial charge in [0.25, 0.3) is 0 Å². The third-order valence-electron chi connectivity index (χ3n) is 2.89. The summed E-state index contributed by atoms with van der Waals surface area (Å²) in [4.78, 5) is 0. The molecule has 0 radical (unpaired) electrons. The van der Waals surface area contributed by atoms with E-state index in [1.54, 1.807) is 12.1 Å². The van der Waals surface area contributed by atoms with Crippen LogP contribution < -0.4 is 5.32 Å². The predicted octanol–water partition coefficient (Wildman–Crippen LogP) is 2.70. The van der Waals surface area contributed by atoms with Gasteiger partial charge in [-0.15, -0.1) is 0 Å². The number of nitrogens with one attached hydrogen (secondary N) is 1. The third-order valence-corrected chi connectivity index (χ3v) is 3.12. The number of benzene rings is 1. The highest BCUT2D eigenvalue weighted by Gasteiger charge is 2.24.